The molecule has 0 spiro atoms. The molecule has 0 saturated carbocycles. The Bertz CT molecular complexity index is 913. The summed E-state index contributed by atoms with van der Waals surface area (Å²) in [6.07, 6.45) is -0.847. The molecule has 0 aliphatic heterocycles. The normalized spacial score (nSPS) is 12.2. The van der Waals surface area contributed by atoms with Gasteiger partial charge >= 0.3 is 0 Å². The molecule has 1 amide bonds. The summed E-state index contributed by atoms with van der Waals surface area (Å²) in [6, 6.07) is 9.83. The fourth-order valence-corrected chi connectivity index (χ4v) is 2.59. The van der Waals surface area contributed by atoms with Crippen molar-refractivity contribution >= 4 is 57.4 Å². The van der Waals surface area contributed by atoms with E-state index in [0.717, 1.165) is 4.85 Å². The van der Waals surface area contributed by atoms with Crippen molar-refractivity contribution in [1.29, 1.82) is 0 Å². The van der Waals surface area contributed by atoms with E-state index in [9.17, 15) is 4.79 Å². The molecule has 0 aliphatic rings. The Balaban J connectivity index is 1.74. The van der Waals surface area contributed by atoms with Gasteiger partial charge in [0.1, 0.15) is 11.0 Å². The van der Waals surface area contributed by atoms with E-state index in [4.69, 9.17) is 39.6 Å². The van der Waals surface area contributed by atoms with Crippen molar-refractivity contribution in [3.05, 3.63) is 51.5 Å². The maximum absolute atomic E-state index is 12.3. The van der Waals surface area contributed by atoms with Crippen LogP contribution in [0.2, 0.25) is 15.1 Å². The monoisotopic (exact) mass is 384 g/mol. The van der Waals surface area contributed by atoms with Gasteiger partial charge in [-0.15, -0.1) is 5.10 Å². The van der Waals surface area contributed by atoms with Crippen molar-refractivity contribution in [2.45, 2.75) is 13.0 Å². The summed E-state index contributed by atoms with van der Waals surface area (Å²) in [5.41, 5.74) is 1.60. The minimum absolute atomic E-state index is 0.334. The van der Waals surface area contributed by atoms with Crippen molar-refractivity contribution < 1.29 is 9.63 Å². The van der Waals surface area contributed by atoms with E-state index in [-0.39, 0.29) is 0 Å². The zero-order chi connectivity index (χ0) is 17.3. The number of rotatable bonds is 4. The Kier molecular flexibility index (Phi) is 4.80. The smallest absolute Gasteiger partial charge is 0.268 e. The summed E-state index contributed by atoms with van der Waals surface area (Å²) >= 11 is 17.8. The van der Waals surface area contributed by atoms with Crippen LogP contribution in [0.5, 0.6) is 0 Å². The van der Waals surface area contributed by atoms with Crippen LogP contribution in [0.15, 0.2) is 36.4 Å². The van der Waals surface area contributed by atoms with Crippen LogP contribution in [0.25, 0.3) is 11.0 Å². The molecule has 1 heterocycles. The maximum atomic E-state index is 12.3. The highest BCUT2D eigenvalue weighted by molar-refractivity contribution is 6.36. The van der Waals surface area contributed by atoms with E-state index >= 15 is 0 Å². The molecule has 3 rings (SSSR count). The molecule has 6 nitrogen and oxygen atoms in total. The molecular formula is C15H11Cl3N4O2. The summed E-state index contributed by atoms with van der Waals surface area (Å²) in [5.74, 6) is -0.398. The summed E-state index contributed by atoms with van der Waals surface area (Å²) in [7, 11) is 0. The molecule has 3 aromatic rings. The summed E-state index contributed by atoms with van der Waals surface area (Å²) < 4.78 is 0. The predicted molar refractivity (Wildman–Crippen MR) is 93.7 cm³/mol. The molecule has 0 radical (unpaired) electrons. The van der Waals surface area contributed by atoms with Crippen LogP contribution in [0.1, 0.15) is 6.92 Å². The number of anilines is 1. The van der Waals surface area contributed by atoms with Crippen LogP contribution in [0.3, 0.4) is 0 Å². The van der Waals surface area contributed by atoms with Gasteiger partial charge in [-0.1, -0.05) is 39.6 Å². The quantitative estimate of drug-likeness (QED) is 0.740. The minimum atomic E-state index is -0.847. The number of carbonyl (C=O) groups is 1. The predicted octanol–water partition coefficient (Wildman–Crippen LogP) is 3.85. The second-order valence-corrected chi connectivity index (χ2v) is 6.24. The number of nitrogens with one attached hydrogen (secondary N) is 1. The second-order valence-electron chi connectivity index (χ2n) is 4.96. The van der Waals surface area contributed by atoms with E-state index in [1.807, 2.05) is 0 Å². The van der Waals surface area contributed by atoms with E-state index < -0.39 is 12.0 Å². The Morgan fingerprint density at radius 3 is 2.62 bits per heavy atom. The Morgan fingerprint density at radius 2 is 1.88 bits per heavy atom. The van der Waals surface area contributed by atoms with Gasteiger partial charge in [-0.05, 0) is 48.5 Å². The first kappa shape index (κ1) is 16.8. The van der Waals surface area contributed by atoms with Gasteiger partial charge in [0.2, 0.25) is 6.10 Å². The van der Waals surface area contributed by atoms with Crippen LogP contribution in [-0.2, 0) is 4.79 Å². The van der Waals surface area contributed by atoms with Crippen LogP contribution in [-0.4, -0.2) is 27.2 Å². The number of fused-ring (bicyclic) bond motifs is 1. The van der Waals surface area contributed by atoms with Crippen molar-refractivity contribution in [2.75, 3.05) is 5.32 Å². The summed E-state index contributed by atoms with van der Waals surface area (Å²) in [5, 5.41) is 11.8. The third kappa shape index (κ3) is 3.56. The fourth-order valence-electron chi connectivity index (χ4n) is 1.97. The average molecular weight is 386 g/mol. The maximum Gasteiger partial charge on any atom is 0.268 e. The molecule has 1 atom stereocenters. The van der Waals surface area contributed by atoms with E-state index in [2.05, 4.69) is 15.6 Å². The number of amides is 1. The lowest BCUT2D eigenvalue weighted by molar-refractivity contribution is -0.127. The highest BCUT2D eigenvalue weighted by Gasteiger charge is 2.18. The Morgan fingerprint density at radius 1 is 1.17 bits per heavy atom. The van der Waals surface area contributed by atoms with Gasteiger partial charge in [0.05, 0.1) is 10.7 Å². The molecule has 9 heteroatoms. The number of hydrogen-bond donors (Lipinski definition) is 1. The fraction of sp³-hybridized carbons (Fsp3) is 0.133. The van der Waals surface area contributed by atoms with Crippen LogP contribution in [0.4, 0.5) is 5.69 Å². The van der Waals surface area contributed by atoms with E-state index in [1.165, 1.54) is 6.07 Å². The molecule has 0 bridgehead atoms. The third-order valence-electron chi connectivity index (χ3n) is 3.19. The molecule has 1 N–H and O–H groups in total. The lowest BCUT2D eigenvalue weighted by Crippen LogP contribution is -2.35. The number of aromatic nitrogens is 3. The molecule has 0 unspecified atom stereocenters. The van der Waals surface area contributed by atoms with Crippen LogP contribution in [0, 0.1) is 0 Å². The third-order valence-corrected chi connectivity index (χ3v) is 3.98. The first-order chi connectivity index (χ1) is 11.4. The van der Waals surface area contributed by atoms with Crippen molar-refractivity contribution in [1.82, 2.24) is 15.2 Å². The number of nitrogens with zero attached hydrogens (tertiary/aromatic N) is 3. The molecule has 0 aliphatic carbocycles. The summed E-state index contributed by atoms with van der Waals surface area (Å²) in [4.78, 5) is 18.9. The molecule has 1 aromatic heterocycles. The molecular weight excluding hydrogens is 375 g/mol. The zero-order valence-corrected chi connectivity index (χ0v) is 14.6. The topological polar surface area (TPSA) is 69.0 Å². The van der Waals surface area contributed by atoms with E-state index in [1.54, 1.807) is 37.3 Å². The first-order valence-electron chi connectivity index (χ1n) is 6.88. The zero-order valence-electron chi connectivity index (χ0n) is 12.3. The van der Waals surface area contributed by atoms with Crippen LogP contribution < -0.4 is 10.2 Å². The minimum Gasteiger partial charge on any atom is -0.382 e. The molecule has 124 valence electrons. The summed E-state index contributed by atoms with van der Waals surface area (Å²) in [6.45, 7) is 1.58. The van der Waals surface area contributed by atoms with E-state index in [0.29, 0.717) is 31.8 Å². The SMILES string of the molecule is C[C@@H](On1nnc2ccc(Cl)cc21)C(=O)Nc1ccc(Cl)cc1Cl. The van der Waals surface area contributed by atoms with Gasteiger partial charge in [-0.2, -0.15) is 0 Å². The van der Waals surface area contributed by atoms with Crippen LogP contribution >= 0.6 is 34.8 Å². The largest absolute Gasteiger partial charge is 0.382 e. The number of hydrogen-bond acceptors (Lipinski definition) is 4. The first-order valence-corrected chi connectivity index (χ1v) is 8.01. The molecule has 0 saturated heterocycles. The van der Waals surface area contributed by atoms with Gasteiger partial charge in [0, 0.05) is 10.0 Å². The molecule has 2 aromatic carbocycles. The Labute approximate surface area is 152 Å². The standard InChI is InChI=1S/C15H11Cl3N4O2/c1-8(15(23)19-12-4-2-9(16)6-11(12)18)24-22-14-7-10(17)3-5-13(14)20-21-22/h2-8H,1H3,(H,19,23)/t8-/m1/s1. The highest BCUT2D eigenvalue weighted by atomic mass is 35.5. The molecule has 0 fully saturated rings. The lowest BCUT2D eigenvalue weighted by Gasteiger charge is -2.14. The highest BCUT2D eigenvalue weighted by Crippen LogP contribution is 2.25. The lowest BCUT2D eigenvalue weighted by atomic mass is 10.3. The van der Waals surface area contributed by atoms with Crippen molar-refractivity contribution in [2.24, 2.45) is 0 Å². The van der Waals surface area contributed by atoms with Gasteiger partial charge in [0.15, 0.2) is 0 Å². The Hall–Kier alpha value is -2.02. The van der Waals surface area contributed by atoms with Gasteiger partial charge in [-0.25, -0.2) is 0 Å². The number of halogens is 3. The van der Waals surface area contributed by atoms with Gasteiger partial charge in [0.25, 0.3) is 5.91 Å². The number of carbonyl (C=O) groups excluding carboxylic acids is 1. The number of benzene rings is 2. The van der Waals surface area contributed by atoms with Crippen molar-refractivity contribution in [3.63, 3.8) is 0 Å². The second kappa shape index (κ2) is 6.84. The average Bonchev–Trinajstić information content (AvgIpc) is 2.92. The van der Waals surface area contributed by atoms with Crippen molar-refractivity contribution in [3.8, 4) is 0 Å². The molecule has 24 heavy (non-hydrogen) atoms. The van der Waals surface area contributed by atoms with Gasteiger partial charge in [-0.3, -0.25) is 4.79 Å². The van der Waals surface area contributed by atoms with Gasteiger partial charge < -0.3 is 10.2 Å².